The van der Waals surface area contributed by atoms with Crippen molar-refractivity contribution in [2.24, 2.45) is 0 Å². The third-order valence-corrected chi connectivity index (χ3v) is 6.94. The molecule has 0 spiro atoms. The van der Waals surface area contributed by atoms with Crippen LogP contribution in [0.15, 0.2) is 42.9 Å². The fourth-order valence-corrected chi connectivity index (χ4v) is 4.89. The summed E-state index contributed by atoms with van der Waals surface area (Å²) in [5, 5.41) is 4.77. The van der Waals surface area contributed by atoms with Crippen molar-refractivity contribution in [2.45, 2.75) is 50.7 Å². The molecule has 1 aromatic carbocycles. The van der Waals surface area contributed by atoms with Crippen LogP contribution in [0, 0.1) is 6.92 Å². The van der Waals surface area contributed by atoms with E-state index in [9.17, 15) is 4.39 Å². The topological polar surface area (TPSA) is 79.9 Å². The molecular formula is C26H27FN6O2. The summed E-state index contributed by atoms with van der Waals surface area (Å²) in [4.78, 5) is 13.9. The van der Waals surface area contributed by atoms with Crippen LogP contribution in [0.2, 0.25) is 0 Å². The molecule has 1 atom stereocenters. The molecule has 35 heavy (non-hydrogen) atoms. The lowest BCUT2D eigenvalue weighted by Crippen LogP contribution is -2.19. The second kappa shape index (κ2) is 8.18. The lowest BCUT2D eigenvalue weighted by atomic mass is 9.88. The van der Waals surface area contributed by atoms with E-state index in [4.69, 9.17) is 24.5 Å². The number of fused-ring (bicyclic) bond motifs is 1. The Bertz CT molecular complexity index is 1410. The molecule has 0 amide bonds. The van der Waals surface area contributed by atoms with Crippen LogP contribution >= 0.6 is 0 Å². The van der Waals surface area contributed by atoms with Gasteiger partial charge in [-0.25, -0.2) is 24.0 Å². The third kappa shape index (κ3) is 3.75. The molecule has 1 fully saturated rings. The van der Waals surface area contributed by atoms with Gasteiger partial charge in [-0.15, -0.1) is 5.10 Å². The molecule has 4 aromatic rings. The van der Waals surface area contributed by atoms with Crippen molar-refractivity contribution in [2.75, 3.05) is 14.2 Å². The molecule has 0 saturated heterocycles. The lowest BCUT2D eigenvalue weighted by Gasteiger charge is -2.25. The van der Waals surface area contributed by atoms with Crippen LogP contribution in [0.3, 0.4) is 0 Å². The maximum atomic E-state index is 14.9. The van der Waals surface area contributed by atoms with Gasteiger partial charge >= 0.3 is 0 Å². The average molecular weight is 475 g/mol. The predicted molar refractivity (Wildman–Crippen MR) is 128 cm³/mol. The molecule has 0 radical (unpaired) electrons. The standard InChI is InChI=1S/C26H27FN6O2/c1-16-14-32(15-28-16)21-8-7-20(29-25(21)35-3)23-30-24-18(5-4-12-33(24)31-23)19-13-17(26(27)10-11-26)6-9-22(19)34-2/h6-9,13-15,18H,4-5,10-12H2,1-3H3/t18-/m0/s1. The number of nitrogens with zero attached hydrogens (tertiary/aromatic N) is 6. The molecule has 1 aliphatic heterocycles. The quantitative estimate of drug-likeness (QED) is 0.402. The first-order valence-electron chi connectivity index (χ1n) is 11.9. The maximum absolute atomic E-state index is 14.9. The Hall–Kier alpha value is -3.75. The van der Waals surface area contributed by atoms with Gasteiger partial charge in [0.05, 0.1) is 26.2 Å². The summed E-state index contributed by atoms with van der Waals surface area (Å²) in [6.45, 7) is 2.71. The highest BCUT2D eigenvalue weighted by Crippen LogP contribution is 2.51. The Morgan fingerprint density at radius 1 is 1.09 bits per heavy atom. The monoisotopic (exact) mass is 474 g/mol. The summed E-state index contributed by atoms with van der Waals surface area (Å²) in [5.74, 6) is 2.58. The van der Waals surface area contributed by atoms with Crippen molar-refractivity contribution in [1.82, 2.24) is 29.3 Å². The smallest absolute Gasteiger partial charge is 0.238 e. The Labute approximate surface area is 202 Å². The normalized spacial score (nSPS) is 18.2. The average Bonchev–Trinajstić information content (AvgIpc) is 3.27. The van der Waals surface area contributed by atoms with Crippen molar-refractivity contribution >= 4 is 0 Å². The molecule has 0 N–H and O–H groups in total. The fraction of sp³-hybridized carbons (Fsp3) is 0.385. The molecule has 0 unspecified atom stereocenters. The minimum absolute atomic E-state index is 0.0302. The van der Waals surface area contributed by atoms with E-state index < -0.39 is 5.67 Å². The predicted octanol–water partition coefficient (Wildman–Crippen LogP) is 4.74. The van der Waals surface area contributed by atoms with E-state index in [2.05, 4.69) is 4.98 Å². The number of alkyl halides is 1. The molecule has 2 aliphatic rings. The molecule has 1 aliphatic carbocycles. The van der Waals surface area contributed by atoms with E-state index in [0.717, 1.165) is 53.5 Å². The first-order chi connectivity index (χ1) is 17.0. The Morgan fingerprint density at radius 2 is 1.94 bits per heavy atom. The molecule has 4 heterocycles. The number of methoxy groups -OCH3 is 2. The second-order valence-electron chi connectivity index (χ2n) is 9.28. The number of hydrogen-bond donors (Lipinski definition) is 0. The number of ether oxygens (including phenoxy) is 2. The summed E-state index contributed by atoms with van der Waals surface area (Å²) in [6.07, 6.45) is 6.65. The minimum Gasteiger partial charge on any atom is -0.496 e. The van der Waals surface area contributed by atoms with E-state index in [1.54, 1.807) is 20.5 Å². The van der Waals surface area contributed by atoms with Crippen LogP contribution in [0.25, 0.3) is 17.2 Å². The van der Waals surface area contributed by atoms with Crippen molar-refractivity contribution < 1.29 is 13.9 Å². The molecule has 9 heteroatoms. The summed E-state index contributed by atoms with van der Waals surface area (Å²) < 4.78 is 29.9. The number of aryl methyl sites for hydroxylation is 2. The van der Waals surface area contributed by atoms with Gasteiger partial charge in [0.1, 0.15) is 28.6 Å². The summed E-state index contributed by atoms with van der Waals surface area (Å²) in [6, 6.07) is 9.51. The largest absolute Gasteiger partial charge is 0.496 e. The van der Waals surface area contributed by atoms with Gasteiger partial charge in [0.15, 0.2) is 5.82 Å². The van der Waals surface area contributed by atoms with Crippen LogP contribution in [-0.4, -0.2) is 43.5 Å². The Balaban J connectivity index is 1.39. The maximum Gasteiger partial charge on any atom is 0.238 e. The van der Waals surface area contributed by atoms with E-state index in [1.165, 1.54) is 0 Å². The molecule has 1 saturated carbocycles. The number of pyridine rings is 1. The van der Waals surface area contributed by atoms with Gasteiger partial charge in [0, 0.05) is 24.2 Å². The number of rotatable bonds is 6. The van der Waals surface area contributed by atoms with Gasteiger partial charge in [0.2, 0.25) is 5.88 Å². The van der Waals surface area contributed by atoms with Crippen molar-refractivity contribution in [3.05, 3.63) is 65.5 Å². The highest BCUT2D eigenvalue weighted by Gasteiger charge is 2.45. The third-order valence-electron chi connectivity index (χ3n) is 6.94. The number of halogens is 1. The fourth-order valence-electron chi connectivity index (χ4n) is 4.89. The number of hydrogen-bond acceptors (Lipinski definition) is 6. The van der Waals surface area contributed by atoms with Crippen LogP contribution < -0.4 is 9.47 Å². The summed E-state index contributed by atoms with van der Waals surface area (Å²) >= 11 is 0. The van der Waals surface area contributed by atoms with E-state index >= 15 is 0 Å². The summed E-state index contributed by atoms with van der Waals surface area (Å²) in [7, 11) is 3.25. The molecular weight excluding hydrogens is 447 g/mol. The van der Waals surface area contributed by atoms with Crippen LogP contribution in [0.5, 0.6) is 11.6 Å². The van der Waals surface area contributed by atoms with Crippen molar-refractivity contribution in [1.29, 1.82) is 0 Å². The van der Waals surface area contributed by atoms with Crippen molar-refractivity contribution in [3.8, 4) is 28.8 Å². The lowest BCUT2D eigenvalue weighted by molar-refractivity contribution is 0.316. The molecule has 3 aromatic heterocycles. The van der Waals surface area contributed by atoms with Gasteiger partial charge in [-0.05, 0) is 62.4 Å². The molecule has 6 rings (SSSR count). The molecule has 0 bridgehead atoms. The first-order valence-corrected chi connectivity index (χ1v) is 11.9. The molecule has 8 nitrogen and oxygen atoms in total. The van der Waals surface area contributed by atoms with E-state index in [1.807, 2.05) is 52.7 Å². The second-order valence-corrected chi connectivity index (χ2v) is 9.28. The van der Waals surface area contributed by atoms with Gasteiger partial charge in [0.25, 0.3) is 0 Å². The van der Waals surface area contributed by atoms with Crippen LogP contribution in [0.1, 0.15) is 54.2 Å². The van der Waals surface area contributed by atoms with Crippen LogP contribution in [-0.2, 0) is 12.2 Å². The first kappa shape index (κ1) is 21.8. The van der Waals surface area contributed by atoms with Gasteiger partial charge < -0.3 is 14.0 Å². The number of imidazole rings is 1. The van der Waals surface area contributed by atoms with Crippen molar-refractivity contribution in [3.63, 3.8) is 0 Å². The van der Waals surface area contributed by atoms with Gasteiger partial charge in [-0.3, -0.25) is 0 Å². The highest BCUT2D eigenvalue weighted by molar-refractivity contribution is 5.56. The summed E-state index contributed by atoms with van der Waals surface area (Å²) in [5.41, 5.74) is 2.81. The van der Waals surface area contributed by atoms with Gasteiger partial charge in [-0.2, -0.15) is 0 Å². The Kier molecular flexibility index (Phi) is 5.09. The van der Waals surface area contributed by atoms with Crippen LogP contribution in [0.4, 0.5) is 4.39 Å². The highest BCUT2D eigenvalue weighted by atomic mass is 19.1. The zero-order chi connectivity index (χ0) is 24.2. The van der Waals surface area contributed by atoms with E-state index in [-0.39, 0.29) is 5.92 Å². The molecule has 180 valence electrons. The Morgan fingerprint density at radius 3 is 2.66 bits per heavy atom. The zero-order valence-corrected chi connectivity index (χ0v) is 20.0. The number of aromatic nitrogens is 6. The zero-order valence-electron chi connectivity index (χ0n) is 20.0. The number of benzene rings is 1. The van der Waals surface area contributed by atoms with Gasteiger partial charge in [-0.1, -0.05) is 6.07 Å². The minimum atomic E-state index is -1.20. The van der Waals surface area contributed by atoms with E-state index in [0.29, 0.717) is 30.2 Å². The SMILES string of the molecule is COc1ccc(C2(F)CC2)cc1[C@@H]1CCCn2nc(-c3ccc(-n4cnc(C)c4)c(OC)n3)nc21.